The number of hydrogen-bond donors (Lipinski definition) is 3. The molecule has 2 amide bonds. The Morgan fingerprint density at radius 3 is 2.79 bits per heavy atom. The zero-order chi connectivity index (χ0) is 14.1. The number of hydrogen-bond acceptors (Lipinski definition) is 2. The number of aliphatic carboxylic acids is 1. The Kier molecular flexibility index (Phi) is 7.00. The van der Waals surface area contributed by atoms with Gasteiger partial charge in [0.2, 0.25) is 0 Å². The van der Waals surface area contributed by atoms with E-state index in [9.17, 15) is 9.59 Å². The van der Waals surface area contributed by atoms with Gasteiger partial charge in [-0.1, -0.05) is 31.9 Å². The molecule has 0 radical (unpaired) electrons. The van der Waals surface area contributed by atoms with Gasteiger partial charge in [-0.05, 0) is 31.6 Å². The van der Waals surface area contributed by atoms with E-state index >= 15 is 0 Å². The summed E-state index contributed by atoms with van der Waals surface area (Å²) in [6.45, 7) is 2.60. The molecule has 0 aromatic heterocycles. The number of carbonyl (C=O) groups excluding carboxylic acids is 1. The minimum atomic E-state index is -0.968. The second-order valence-electron chi connectivity index (χ2n) is 5.04. The van der Waals surface area contributed by atoms with Crippen molar-refractivity contribution in [2.24, 2.45) is 5.92 Å². The van der Waals surface area contributed by atoms with Crippen LogP contribution in [0.25, 0.3) is 0 Å². The molecule has 0 aliphatic heterocycles. The first-order valence-corrected chi connectivity index (χ1v) is 7.05. The molecule has 1 aliphatic rings. The fourth-order valence-electron chi connectivity index (χ4n) is 2.15. The molecular formula is C14H24N2O3. The van der Waals surface area contributed by atoms with Crippen LogP contribution in [-0.4, -0.2) is 29.7 Å². The van der Waals surface area contributed by atoms with Gasteiger partial charge in [0.05, 0.1) is 0 Å². The van der Waals surface area contributed by atoms with Gasteiger partial charge < -0.3 is 15.7 Å². The van der Waals surface area contributed by atoms with Crippen LogP contribution < -0.4 is 10.6 Å². The summed E-state index contributed by atoms with van der Waals surface area (Å²) in [5.41, 5.74) is 0. The van der Waals surface area contributed by atoms with E-state index in [0.29, 0.717) is 18.9 Å². The van der Waals surface area contributed by atoms with Crippen LogP contribution in [0.2, 0.25) is 0 Å². The minimum absolute atomic E-state index is 0.377. The first-order chi connectivity index (χ1) is 9.13. The maximum atomic E-state index is 11.7. The summed E-state index contributed by atoms with van der Waals surface area (Å²) in [7, 11) is 0. The zero-order valence-corrected chi connectivity index (χ0v) is 11.5. The highest BCUT2D eigenvalue weighted by Crippen LogP contribution is 2.16. The molecule has 2 atom stereocenters. The predicted molar refractivity (Wildman–Crippen MR) is 74.0 cm³/mol. The van der Waals surface area contributed by atoms with Crippen LogP contribution in [0.15, 0.2) is 12.2 Å². The van der Waals surface area contributed by atoms with Crippen molar-refractivity contribution in [1.29, 1.82) is 0 Å². The quantitative estimate of drug-likeness (QED) is 0.620. The van der Waals surface area contributed by atoms with Crippen LogP contribution in [0.5, 0.6) is 0 Å². The predicted octanol–water partition coefficient (Wildman–Crippen LogP) is 2.29. The monoisotopic (exact) mass is 268 g/mol. The number of carbonyl (C=O) groups is 2. The molecule has 0 fully saturated rings. The van der Waals surface area contributed by atoms with Crippen LogP contribution in [0, 0.1) is 5.92 Å². The van der Waals surface area contributed by atoms with Gasteiger partial charge in [-0.25, -0.2) is 9.59 Å². The Morgan fingerprint density at radius 1 is 1.42 bits per heavy atom. The standard InChI is InChI=1S/C14H24N2O3/c1-2-3-9-12(13(17)18)16-14(19)15-10-11-7-5-4-6-8-11/h4-5,11-12H,2-3,6-10H2,1H3,(H,17,18)(H2,15,16,19)/t11?,12-/m0/s1. The summed E-state index contributed by atoms with van der Waals surface area (Å²) in [5.74, 6) is -0.501. The summed E-state index contributed by atoms with van der Waals surface area (Å²) >= 11 is 0. The number of unbranched alkanes of at least 4 members (excludes halogenated alkanes) is 1. The molecule has 1 rings (SSSR count). The highest BCUT2D eigenvalue weighted by atomic mass is 16.4. The smallest absolute Gasteiger partial charge is 0.326 e. The number of carboxylic acid groups (broad SMARTS) is 1. The SMILES string of the molecule is CCCC[C@H](NC(=O)NCC1CC=CCC1)C(=O)O. The number of rotatable bonds is 7. The molecule has 0 saturated heterocycles. The summed E-state index contributed by atoms with van der Waals surface area (Å²) in [6.07, 6.45) is 9.60. The molecular weight excluding hydrogens is 244 g/mol. The molecule has 108 valence electrons. The number of allylic oxidation sites excluding steroid dienone is 2. The molecule has 0 bridgehead atoms. The lowest BCUT2D eigenvalue weighted by Crippen LogP contribution is -2.47. The van der Waals surface area contributed by atoms with Gasteiger partial charge in [0.1, 0.15) is 6.04 Å². The maximum absolute atomic E-state index is 11.7. The van der Waals surface area contributed by atoms with E-state index in [0.717, 1.165) is 32.1 Å². The Labute approximate surface area is 114 Å². The van der Waals surface area contributed by atoms with Gasteiger partial charge in [0.25, 0.3) is 0 Å². The van der Waals surface area contributed by atoms with E-state index in [1.807, 2.05) is 6.92 Å². The van der Waals surface area contributed by atoms with E-state index in [1.54, 1.807) is 0 Å². The van der Waals surface area contributed by atoms with Crippen molar-refractivity contribution in [2.75, 3.05) is 6.54 Å². The molecule has 3 N–H and O–H groups in total. The molecule has 0 aromatic rings. The van der Waals surface area contributed by atoms with E-state index in [2.05, 4.69) is 22.8 Å². The fraction of sp³-hybridized carbons (Fsp3) is 0.714. The average Bonchev–Trinajstić information content (AvgIpc) is 2.42. The third kappa shape index (κ3) is 6.27. The summed E-state index contributed by atoms with van der Waals surface area (Å²) < 4.78 is 0. The van der Waals surface area contributed by atoms with Crippen molar-refractivity contribution in [3.05, 3.63) is 12.2 Å². The lowest BCUT2D eigenvalue weighted by atomic mass is 9.94. The maximum Gasteiger partial charge on any atom is 0.326 e. The molecule has 0 saturated carbocycles. The average molecular weight is 268 g/mol. The largest absolute Gasteiger partial charge is 0.480 e. The fourth-order valence-corrected chi connectivity index (χ4v) is 2.15. The molecule has 0 heterocycles. The second kappa shape index (κ2) is 8.56. The van der Waals surface area contributed by atoms with Crippen molar-refractivity contribution in [2.45, 2.75) is 51.5 Å². The Bertz CT molecular complexity index is 329. The molecule has 5 heteroatoms. The lowest BCUT2D eigenvalue weighted by Gasteiger charge is -2.19. The van der Waals surface area contributed by atoms with Gasteiger partial charge >= 0.3 is 12.0 Å². The van der Waals surface area contributed by atoms with Crippen LogP contribution in [-0.2, 0) is 4.79 Å². The van der Waals surface area contributed by atoms with Crippen LogP contribution in [0.4, 0.5) is 4.79 Å². The molecule has 0 spiro atoms. The van der Waals surface area contributed by atoms with Crippen LogP contribution >= 0.6 is 0 Å². The van der Waals surface area contributed by atoms with Crippen molar-refractivity contribution in [1.82, 2.24) is 10.6 Å². The summed E-state index contributed by atoms with van der Waals surface area (Å²) in [5, 5.41) is 14.3. The molecule has 1 aliphatic carbocycles. The Morgan fingerprint density at radius 2 is 2.21 bits per heavy atom. The molecule has 1 unspecified atom stereocenters. The van der Waals surface area contributed by atoms with E-state index in [-0.39, 0.29) is 6.03 Å². The molecule has 5 nitrogen and oxygen atoms in total. The molecule has 0 aromatic carbocycles. The van der Waals surface area contributed by atoms with Crippen LogP contribution in [0.3, 0.4) is 0 Å². The van der Waals surface area contributed by atoms with Gasteiger partial charge in [-0.2, -0.15) is 0 Å². The topological polar surface area (TPSA) is 78.4 Å². The van der Waals surface area contributed by atoms with Gasteiger partial charge in [-0.15, -0.1) is 0 Å². The van der Waals surface area contributed by atoms with E-state index in [1.165, 1.54) is 0 Å². The van der Waals surface area contributed by atoms with Gasteiger partial charge in [0, 0.05) is 6.54 Å². The summed E-state index contributed by atoms with van der Waals surface area (Å²) in [6, 6.07) is -1.16. The third-order valence-corrected chi connectivity index (χ3v) is 3.38. The van der Waals surface area contributed by atoms with E-state index < -0.39 is 12.0 Å². The first kappa shape index (κ1) is 15.5. The number of amides is 2. The molecule has 19 heavy (non-hydrogen) atoms. The highest BCUT2D eigenvalue weighted by Gasteiger charge is 2.19. The third-order valence-electron chi connectivity index (χ3n) is 3.38. The lowest BCUT2D eigenvalue weighted by molar-refractivity contribution is -0.139. The van der Waals surface area contributed by atoms with Crippen molar-refractivity contribution in [3.63, 3.8) is 0 Å². The van der Waals surface area contributed by atoms with Crippen molar-refractivity contribution < 1.29 is 14.7 Å². The number of urea groups is 1. The second-order valence-corrected chi connectivity index (χ2v) is 5.04. The Hall–Kier alpha value is -1.52. The van der Waals surface area contributed by atoms with E-state index in [4.69, 9.17) is 5.11 Å². The first-order valence-electron chi connectivity index (χ1n) is 7.05. The van der Waals surface area contributed by atoms with Crippen LogP contribution in [0.1, 0.15) is 45.4 Å². The van der Waals surface area contributed by atoms with Gasteiger partial charge in [-0.3, -0.25) is 0 Å². The normalized spacial score (nSPS) is 19.7. The summed E-state index contributed by atoms with van der Waals surface area (Å²) in [4.78, 5) is 22.7. The highest BCUT2D eigenvalue weighted by molar-refractivity contribution is 5.82. The van der Waals surface area contributed by atoms with Gasteiger partial charge in [0.15, 0.2) is 0 Å². The minimum Gasteiger partial charge on any atom is -0.480 e. The zero-order valence-electron chi connectivity index (χ0n) is 11.5. The number of nitrogens with one attached hydrogen (secondary N) is 2. The van der Waals surface area contributed by atoms with Crippen molar-refractivity contribution >= 4 is 12.0 Å². The van der Waals surface area contributed by atoms with Crippen molar-refractivity contribution in [3.8, 4) is 0 Å². The number of carboxylic acids is 1. The Balaban J connectivity index is 2.27.